The van der Waals surface area contributed by atoms with Crippen molar-refractivity contribution in [1.29, 1.82) is 0 Å². The number of carboxylic acid groups (broad SMARTS) is 1. The van der Waals surface area contributed by atoms with Crippen LogP contribution >= 0.6 is 0 Å². The molecule has 1 aromatic carbocycles. The molecule has 0 unspecified atom stereocenters. The van der Waals surface area contributed by atoms with E-state index in [1.54, 1.807) is 24.4 Å². The number of pyridine rings is 1. The number of aromatic carboxylic acids is 1. The summed E-state index contributed by atoms with van der Waals surface area (Å²) in [4.78, 5) is 15.8. The molecule has 2 heterocycles. The van der Waals surface area contributed by atoms with Gasteiger partial charge in [-0.1, -0.05) is 18.2 Å². The summed E-state index contributed by atoms with van der Waals surface area (Å²) in [5.41, 5.74) is 1.65. The molecule has 0 fully saturated rings. The van der Waals surface area contributed by atoms with E-state index in [9.17, 15) is 14.3 Å². The number of hydrogen-bond acceptors (Lipinski definition) is 2. The SMILES string of the molecule is Cc1cccn2c(C(=O)O)c(-c3ccccc3F)nc12. The maximum atomic E-state index is 13.9. The van der Waals surface area contributed by atoms with Gasteiger partial charge in [0.05, 0.1) is 0 Å². The monoisotopic (exact) mass is 270 g/mol. The third-order valence-corrected chi connectivity index (χ3v) is 3.18. The molecule has 3 rings (SSSR count). The van der Waals surface area contributed by atoms with Gasteiger partial charge in [-0.25, -0.2) is 14.2 Å². The fourth-order valence-corrected chi connectivity index (χ4v) is 2.25. The zero-order valence-electron chi connectivity index (χ0n) is 10.7. The van der Waals surface area contributed by atoms with Crippen molar-refractivity contribution in [2.24, 2.45) is 0 Å². The zero-order valence-corrected chi connectivity index (χ0v) is 10.7. The fourth-order valence-electron chi connectivity index (χ4n) is 2.25. The second-order valence-electron chi connectivity index (χ2n) is 4.48. The quantitative estimate of drug-likeness (QED) is 0.778. The van der Waals surface area contributed by atoms with Gasteiger partial charge in [0.2, 0.25) is 0 Å². The maximum Gasteiger partial charge on any atom is 0.355 e. The van der Waals surface area contributed by atoms with Crippen LogP contribution in [0.2, 0.25) is 0 Å². The van der Waals surface area contributed by atoms with Crippen LogP contribution in [-0.2, 0) is 0 Å². The molecule has 0 aliphatic carbocycles. The topological polar surface area (TPSA) is 54.6 Å². The highest BCUT2D eigenvalue weighted by atomic mass is 19.1. The molecule has 100 valence electrons. The predicted molar refractivity (Wildman–Crippen MR) is 72.3 cm³/mol. The van der Waals surface area contributed by atoms with Gasteiger partial charge >= 0.3 is 5.97 Å². The average molecular weight is 270 g/mol. The van der Waals surface area contributed by atoms with Crippen molar-refractivity contribution < 1.29 is 14.3 Å². The Hall–Kier alpha value is -2.69. The largest absolute Gasteiger partial charge is 0.476 e. The number of aryl methyl sites for hydroxylation is 1. The summed E-state index contributed by atoms with van der Waals surface area (Å²) in [5, 5.41) is 9.41. The van der Waals surface area contributed by atoms with Crippen molar-refractivity contribution in [3.05, 3.63) is 59.7 Å². The van der Waals surface area contributed by atoms with E-state index in [0.717, 1.165) is 5.56 Å². The molecule has 0 saturated carbocycles. The van der Waals surface area contributed by atoms with Crippen molar-refractivity contribution in [3.8, 4) is 11.3 Å². The summed E-state index contributed by atoms with van der Waals surface area (Å²) < 4.78 is 15.4. The Morgan fingerprint density at radius 3 is 2.70 bits per heavy atom. The van der Waals surface area contributed by atoms with Gasteiger partial charge in [-0.05, 0) is 30.7 Å². The number of hydrogen-bond donors (Lipinski definition) is 1. The molecule has 0 aliphatic heterocycles. The first kappa shape index (κ1) is 12.3. The Labute approximate surface area is 114 Å². The Morgan fingerprint density at radius 1 is 1.25 bits per heavy atom. The van der Waals surface area contributed by atoms with Gasteiger partial charge in [-0.2, -0.15) is 0 Å². The van der Waals surface area contributed by atoms with Crippen LogP contribution in [-0.4, -0.2) is 20.5 Å². The van der Waals surface area contributed by atoms with E-state index < -0.39 is 11.8 Å². The number of imidazole rings is 1. The van der Waals surface area contributed by atoms with Gasteiger partial charge in [-0.15, -0.1) is 0 Å². The summed E-state index contributed by atoms with van der Waals surface area (Å²) in [6.45, 7) is 1.83. The van der Waals surface area contributed by atoms with Gasteiger partial charge in [0.15, 0.2) is 5.69 Å². The number of rotatable bonds is 2. The van der Waals surface area contributed by atoms with Crippen LogP contribution in [0.1, 0.15) is 16.1 Å². The Balaban J connectivity index is 2.42. The van der Waals surface area contributed by atoms with Crippen LogP contribution in [0.5, 0.6) is 0 Å². The molecule has 0 atom stereocenters. The van der Waals surface area contributed by atoms with Gasteiger partial charge < -0.3 is 5.11 Å². The van der Waals surface area contributed by atoms with Crippen LogP contribution in [0, 0.1) is 12.7 Å². The first-order chi connectivity index (χ1) is 9.59. The minimum absolute atomic E-state index is 0.0335. The standard InChI is InChI=1S/C15H11FN2O2/c1-9-5-4-8-18-13(15(19)20)12(17-14(9)18)10-6-2-3-7-11(10)16/h2-8H,1H3,(H,19,20). The Bertz CT molecular complexity index is 824. The van der Waals surface area contributed by atoms with E-state index in [0.29, 0.717) is 5.65 Å². The van der Waals surface area contributed by atoms with Gasteiger partial charge in [0.25, 0.3) is 0 Å². The van der Waals surface area contributed by atoms with E-state index in [1.165, 1.54) is 16.5 Å². The lowest BCUT2D eigenvalue weighted by Gasteiger charge is -2.01. The van der Waals surface area contributed by atoms with Gasteiger partial charge in [-0.3, -0.25) is 4.40 Å². The van der Waals surface area contributed by atoms with Crippen LogP contribution < -0.4 is 0 Å². The number of aromatic nitrogens is 2. The molecule has 0 aliphatic rings. The number of benzene rings is 1. The first-order valence-electron chi connectivity index (χ1n) is 6.05. The number of fused-ring (bicyclic) bond motifs is 1. The number of halogens is 1. The third kappa shape index (κ3) is 1.75. The van der Waals surface area contributed by atoms with Crippen molar-refractivity contribution in [1.82, 2.24) is 9.38 Å². The van der Waals surface area contributed by atoms with Crippen LogP contribution in [0.3, 0.4) is 0 Å². The average Bonchev–Trinajstić information content (AvgIpc) is 2.80. The second kappa shape index (κ2) is 4.45. The molecular weight excluding hydrogens is 259 g/mol. The molecule has 2 aromatic heterocycles. The molecule has 3 aromatic rings. The number of nitrogens with zero attached hydrogens (tertiary/aromatic N) is 2. The molecule has 0 bridgehead atoms. The molecular formula is C15H11FN2O2. The van der Waals surface area contributed by atoms with Crippen LogP contribution in [0.4, 0.5) is 4.39 Å². The highest BCUT2D eigenvalue weighted by Gasteiger charge is 2.22. The van der Waals surface area contributed by atoms with Crippen molar-refractivity contribution in [2.75, 3.05) is 0 Å². The third-order valence-electron chi connectivity index (χ3n) is 3.18. The van der Waals surface area contributed by atoms with E-state index in [-0.39, 0.29) is 17.0 Å². The molecule has 0 amide bonds. The molecule has 0 spiro atoms. The minimum atomic E-state index is -1.14. The first-order valence-corrected chi connectivity index (χ1v) is 6.05. The van der Waals surface area contributed by atoms with Crippen LogP contribution in [0.15, 0.2) is 42.6 Å². The van der Waals surface area contributed by atoms with Crippen molar-refractivity contribution in [3.63, 3.8) is 0 Å². The van der Waals surface area contributed by atoms with Crippen molar-refractivity contribution >= 4 is 11.6 Å². The summed E-state index contributed by atoms with van der Waals surface area (Å²) in [6.07, 6.45) is 1.61. The fraction of sp³-hybridized carbons (Fsp3) is 0.0667. The molecule has 0 saturated heterocycles. The minimum Gasteiger partial charge on any atom is -0.476 e. The highest BCUT2D eigenvalue weighted by molar-refractivity contribution is 5.95. The van der Waals surface area contributed by atoms with Gasteiger partial charge in [0.1, 0.15) is 17.2 Å². The number of carboxylic acids is 1. The maximum absolute atomic E-state index is 13.9. The normalized spacial score (nSPS) is 10.9. The molecule has 1 N–H and O–H groups in total. The van der Waals surface area contributed by atoms with E-state index >= 15 is 0 Å². The van der Waals surface area contributed by atoms with E-state index in [2.05, 4.69) is 4.98 Å². The lowest BCUT2D eigenvalue weighted by Crippen LogP contribution is -2.04. The van der Waals surface area contributed by atoms with E-state index in [1.807, 2.05) is 13.0 Å². The Morgan fingerprint density at radius 2 is 2.00 bits per heavy atom. The number of carbonyl (C=O) groups is 1. The van der Waals surface area contributed by atoms with Crippen LogP contribution in [0.25, 0.3) is 16.9 Å². The molecule has 5 heteroatoms. The molecule has 4 nitrogen and oxygen atoms in total. The highest BCUT2D eigenvalue weighted by Crippen LogP contribution is 2.27. The predicted octanol–water partition coefficient (Wildman–Crippen LogP) is 3.15. The van der Waals surface area contributed by atoms with E-state index in [4.69, 9.17) is 0 Å². The Kier molecular flexibility index (Phi) is 2.75. The summed E-state index contributed by atoms with van der Waals surface area (Å²) in [5.74, 6) is -1.63. The zero-order chi connectivity index (χ0) is 14.3. The molecule has 20 heavy (non-hydrogen) atoms. The molecule has 0 radical (unpaired) electrons. The van der Waals surface area contributed by atoms with Crippen molar-refractivity contribution in [2.45, 2.75) is 6.92 Å². The summed E-state index contributed by atoms with van der Waals surface area (Å²) in [6, 6.07) is 9.60. The smallest absolute Gasteiger partial charge is 0.355 e. The summed E-state index contributed by atoms with van der Waals surface area (Å²) >= 11 is 0. The lowest BCUT2D eigenvalue weighted by atomic mass is 10.1. The van der Waals surface area contributed by atoms with Gasteiger partial charge in [0, 0.05) is 11.8 Å². The lowest BCUT2D eigenvalue weighted by molar-refractivity contribution is 0.0690. The summed E-state index contributed by atoms with van der Waals surface area (Å²) in [7, 11) is 0. The second-order valence-corrected chi connectivity index (χ2v) is 4.48.